The number of benzene rings is 1. The lowest BCUT2D eigenvalue weighted by Gasteiger charge is -2.35. The molecule has 0 radical (unpaired) electrons. The van der Waals surface area contributed by atoms with Crippen LogP contribution in [0.5, 0.6) is 0 Å². The third kappa shape index (κ3) is 2.18. The van der Waals surface area contributed by atoms with Gasteiger partial charge in [-0.25, -0.2) is 4.39 Å². The van der Waals surface area contributed by atoms with Crippen molar-refractivity contribution < 1.29 is 18.5 Å². The molecule has 104 valence electrons. The number of rotatable bonds is 3. The number of nitrogens with one attached hydrogen (secondary N) is 1. The SMILES string of the molecule is N#CC1(NC(=O)c2c(F)ccc([N+](=O)[O-])c2F)CCC1. The minimum atomic E-state index is -1.54. The van der Waals surface area contributed by atoms with E-state index in [1.54, 1.807) is 0 Å². The van der Waals surface area contributed by atoms with Crippen molar-refractivity contribution in [3.8, 4) is 6.07 Å². The van der Waals surface area contributed by atoms with Gasteiger partial charge in [0.1, 0.15) is 16.9 Å². The zero-order valence-electron chi connectivity index (χ0n) is 10.2. The molecule has 6 nitrogen and oxygen atoms in total. The van der Waals surface area contributed by atoms with Crippen molar-refractivity contribution in [1.29, 1.82) is 5.26 Å². The molecule has 0 saturated heterocycles. The maximum atomic E-state index is 13.8. The first-order valence-corrected chi connectivity index (χ1v) is 5.76. The Morgan fingerprint density at radius 1 is 1.45 bits per heavy atom. The highest BCUT2D eigenvalue weighted by Crippen LogP contribution is 2.32. The molecule has 1 amide bonds. The molecule has 1 N–H and O–H groups in total. The number of carbonyl (C=O) groups excluding carboxylic acids is 1. The van der Waals surface area contributed by atoms with Crippen molar-refractivity contribution in [2.45, 2.75) is 24.8 Å². The molecule has 1 aliphatic carbocycles. The van der Waals surface area contributed by atoms with E-state index in [0.29, 0.717) is 31.4 Å². The number of carbonyl (C=O) groups is 1. The molecule has 0 unspecified atom stereocenters. The summed E-state index contributed by atoms with van der Waals surface area (Å²) in [4.78, 5) is 21.4. The monoisotopic (exact) mass is 281 g/mol. The van der Waals surface area contributed by atoms with Crippen molar-refractivity contribution in [2.75, 3.05) is 0 Å². The van der Waals surface area contributed by atoms with Crippen LogP contribution in [0.3, 0.4) is 0 Å². The fraction of sp³-hybridized carbons (Fsp3) is 0.333. The number of nitro groups is 1. The fourth-order valence-electron chi connectivity index (χ4n) is 1.97. The van der Waals surface area contributed by atoms with Crippen LogP contribution in [0.4, 0.5) is 14.5 Å². The molecule has 0 spiro atoms. The molecule has 1 fully saturated rings. The Bertz CT molecular complexity index is 636. The van der Waals surface area contributed by atoms with Crippen molar-refractivity contribution in [1.82, 2.24) is 5.32 Å². The molecule has 1 aliphatic rings. The fourth-order valence-corrected chi connectivity index (χ4v) is 1.97. The number of amides is 1. The Labute approximate surface area is 112 Å². The number of nitriles is 1. The Kier molecular flexibility index (Phi) is 3.36. The maximum absolute atomic E-state index is 13.8. The zero-order chi connectivity index (χ0) is 14.9. The van der Waals surface area contributed by atoms with Gasteiger partial charge < -0.3 is 5.32 Å². The molecular weight excluding hydrogens is 272 g/mol. The molecule has 8 heteroatoms. The standard InChI is InChI=1S/C12H9F2N3O3/c13-7-2-3-8(17(19)20)10(14)9(7)11(18)16-12(6-15)4-1-5-12/h2-3H,1,4-5H2,(H,16,18). The van der Waals surface area contributed by atoms with Gasteiger partial charge in [0.15, 0.2) is 0 Å². The molecule has 0 aromatic heterocycles. The van der Waals surface area contributed by atoms with Crippen molar-refractivity contribution in [3.05, 3.63) is 39.4 Å². The minimum absolute atomic E-state index is 0.382. The van der Waals surface area contributed by atoms with Crippen molar-refractivity contribution in [3.63, 3.8) is 0 Å². The van der Waals surface area contributed by atoms with Crippen LogP contribution in [-0.2, 0) is 0 Å². The normalized spacial score (nSPS) is 15.8. The minimum Gasteiger partial charge on any atom is -0.334 e. The van der Waals surface area contributed by atoms with Gasteiger partial charge in [-0.05, 0) is 25.3 Å². The summed E-state index contributed by atoms with van der Waals surface area (Å²) in [5.41, 5.74) is -3.17. The highest BCUT2D eigenvalue weighted by molar-refractivity contribution is 5.96. The van der Waals surface area contributed by atoms with Gasteiger partial charge in [0.2, 0.25) is 5.82 Å². The van der Waals surface area contributed by atoms with E-state index >= 15 is 0 Å². The number of hydrogen-bond acceptors (Lipinski definition) is 4. The Balaban J connectivity index is 2.37. The molecule has 0 heterocycles. The predicted molar refractivity (Wildman–Crippen MR) is 62.7 cm³/mol. The average Bonchev–Trinajstić information content (AvgIpc) is 2.33. The van der Waals surface area contributed by atoms with Gasteiger partial charge in [0.05, 0.1) is 11.0 Å². The van der Waals surface area contributed by atoms with Crippen LogP contribution in [0, 0.1) is 33.1 Å². The lowest BCUT2D eigenvalue weighted by atomic mass is 9.78. The summed E-state index contributed by atoms with van der Waals surface area (Å²) in [5.74, 6) is -3.91. The average molecular weight is 281 g/mol. The number of halogens is 2. The van der Waals surface area contributed by atoms with Crippen LogP contribution in [0.25, 0.3) is 0 Å². The molecule has 1 aromatic carbocycles. The number of hydrogen-bond donors (Lipinski definition) is 1. The molecule has 0 aliphatic heterocycles. The summed E-state index contributed by atoms with van der Waals surface area (Å²) < 4.78 is 27.3. The summed E-state index contributed by atoms with van der Waals surface area (Å²) in [7, 11) is 0. The summed E-state index contributed by atoms with van der Waals surface area (Å²) in [6, 6.07) is 3.17. The summed E-state index contributed by atoms with van der Waals surface area (Å²) in [6.45, 7) is 0. The number of nitrogens with zero attached hydrogens (tertiary/aromatic N) is 2. The smallest absolute Gasteiger partial charge is 0.305 e. The van der Waals surface area contributed by atoms with Crippen LogP contribution < -0.4 is 5.32 Å². The van der Waals surface area contributed by atoms with E-state index in [4.69, 9.17) is 5.26 Å². The second-order valence-electron chi connectivity index (χ2n) is 4.51. The lowest BCUT2D eigenvalue weighted by molar-refractivity contribution is -0.387. The Hall–Kier alpha value is -2.56. The van der Waals surface area contributed by atoms with Gasteiger partial charge in [0.25, 0.3) is 5.91 Å². The van der Waals surface area contributed by atoms with E-state index in [1.165, 1.54) is 0 Å². The molecule has 2 rings (SSSR count). The first-order valence-electron chi connectivity index (χ1n) is 5.76. The predicted octanol–water partition coefficient (Wildman–Crippen LogP) is 2.05. The molecule has 0 atom stereocenters. The van der Waals surface area contributed by atoms with E-state index in [1.807, 2.05) is 6.07 Å². The zero-order valence-corrected chi connectivity index (χ0v) is 10.2. The van der Waals surface area contributed by atoms with Crippen LogP contribution in [0.1, 0.15) is 29.6 Å². The maximum Gasteiger partial charge on any atom is 0.305 e. The van der Waals surface area contributed by atoms with E-state index in [-0.39, 0.29) is 0 Å². The number of nitro benzene ring substituents is 1. The van der Waals surface area contributed by atoms with Crippen molar-refractivity contribution in [2.24, 2.45) is 0 Å². The van der Waals surface area contributed by atoms with Crippen LogP contribution in [0.15, 0.2) is 12.1 Å². The van der Waals surface area contributed by atoms with Gasteiger partial charge in [-0.3, -0.25) is 14.9 Å². The van der Waals surface area contributed by atoms with Crippen LogP contribution >= 0.6 is 0 Å². The topological polar surface area (TPSA) is 96.0 Å². The molecule has 20 heavy (non-hydrogen) atoms. The van der Waals surface area contributed by atoms with Gasteiger partial charge in [-0.15, -0.1) is 0 Å². The van der Waals surface area contributed by atoms with Gasteiger partial charge in [-0.2, -0.15) is 9.65 Å². The first kappa shape index (κ1) is 13.9. The second-order valence-corrected chi connectivity index (χ2v) is 4.51. The first-order chi connectivity index (χ1) is 9.40. The van der Waals surface area contributed by atoms with E-state index in [2.05, 4.69) is 5.32 Å². The van der Waals surface area contributed by atoms with Crippen LogP contribution in [0.2, 0.25) is 0 Å². The van der Waals surface area contributed by atoms with E-state index in [0.717, 1.165) is 0 Å². The Morgan fingerprint density at radius 3 is 2.55 bits per heavy atom. The van der Waals surface area contributed by atoms with Gasteiger partial charge in [0, 0.05) is 6.07 Å². The highest BCUT2D eigenvalue weighted by Gasteiger charge is 2.40. The van der Waals surface area contributed by atoms with Gasteiger partial charge >= 0.3 is 5.69 Å². The quantitative estimate of drug-likeness (QED) is 0.677. The third-order valence-electron chi connectivity index (χ3n) is 3.27. The van der Waals surface area contributed by atoms with Crippen LogP contribution in [-0.4, -0.2) is 16.4 Å². The summed E-state index contributed by atoms with van der Waals surface area (Å²) in [5, 5.41) is 21.8. The summed E-state index contributed by atoms with van der Waals surface area (Å²) in [6.07, 6.45) is 1.48. The largest absolute Gasteiger partial charge is 0.334 e. The molecule has 1 aromatic rings. The second kappa shape index (κ2) is 4.85. The molecule has 0 bridgehead atoms. The third-order valence-corrected chi connectivity index (χ3v) is 3.27. The van der Waals surface area contributed by atoms with Crippen molar-refractivity contribution >= 4 is 11.6 Å². The van der Waals surface area contributed by atoms with E-state index < -0.39 is 39.3 Å². The Morgan fingerprint density at radius 2 is 2.10 bits per heavy atom. The molecular formula is C12H9F2N3O3. The highest BCUT2D eigenvalue weighted by atomic mass is 19.1. The molecule has 1 saturated carbocycles. The summed E-state index contributed by atoms with van der Waals surface area (Å²) >= 11 is 0. The van der Waals surface area contributed by atoms with Gasteiger partial charge in [-0.1, -0.05) is 0 Å². The lowest BCUT2D eigenvalue weighted by Crippen LogP contribution is -2.52. The van der Waals surface area contributed by atoms with E-state index in [9.17, 15) is 23.7 Å².